The molecule has 0 aliphatic carbocycles. The molecule has 0 bridgehead atoms. The minimum Gasteiger partial charge on any atom is -0.229 e. The van der Waals surface area contributed by atoms with E-state index >= 15 is 0 Å². The summed E-state index contributed by atoms with van der Waals surface area (Å²) < 4.78 is 78.1. The molecule has 0 rings (SSSR count). The van der Waals surface area contributed by atoms with Gasteiger partial charge in [0, 0.05) is 6.26 Å². The quantitative estimate of drug-likeness (QED) is 0.645. The molecule has 0 aliphatic rings. The first-order valence-corrected chi connectivity index (χ1v) is 4.64. The van der Waals surface area contributed by atoms with Gasteiger partial charge in [-0.15, -0.1) is 0 Å². The summed E-state index contributed by atoms with van der Waals surface area (Å²) in [6, 6.07) is 0. The summed E-state index contributed by atoms with van der Waals surface area (Å²) in [6.45, 7) is 0. The zero-order chi connectivity index (χ0) is 10.2. The van der Waals surface area contributed by atoms with E-state index in [1.807, 2.05) is 0 Å². The van der Waals surface area contributed by atoms with Crippen LogP contribution < -0.4 is 0 Å². The molecule has 0 fully saturated rings. The predicted octanol–water partition coefficient (Wildman–Crippen LogP) is 1.23. The molecule has 12 heavy (non-hydrogen) atoms. The van der Waals surface area contributed by atoms with Gasteiger partial charge in [-0.25, -0.2) is 8.42 Å². The van der Waals surface area contributed by atoms with Crippen LogP contribution in [0.3, 0.4) is 0 Å². The average Bonchev–Trinajstić information content (AvgIpc) is 1.52. The van der Waals surface area contributed by atoms with Crippen LogP contribution in [0.15, 0.2) is 0 Å². The van der Waals surface area contributed by atoms with E-state index in [9.17, 15) is 30.4 Å². The summed E-state index contributed by atoms with van der Waals surface area (Å²) in [5.74, 6) is -7.37. The molecule has 0 unspecified atom stereocenters. The first kappa shape index (κ1) is 11.6. The lowest BCUT2D eigenvalue weighted by Crippen LogP contribution is -2.42. The summed E-state index contributed by atoms with van der Waals surface area (Å²) in [5.41, 5.74) is 0. The third-order valence-electron chi connectivity index (χ3n) is 0.858. The normalized spacial score (nSPS) is 14.8. The van der Waals surface area contributed by atoms with Crippen molar-refractivity contribution in [3.63, 3.8) is 0 Å². The Morgan fingerprint density at radius 2 is 1.42 bits per heavy atom. The fourth-order valence-corrected chi connectivity index (χ4v) is 1.23. The molecule has 2 nitrogen and oxygen atoms in total. The topological polar surface area (TPSA) is 34.1 Å². The van der Waals surface area contributed by atoms with E-state index in [0.29, 0.717) is 6.26 Å². The lowest BCUT2D eigenvalue weighted by molar-refractivity contribution is -0.271. The van der Waals surface area contributed by atoms with Gasteiger partial charge in [-0.3, -0.25) is 0 Å². The summed E-state index contributed by atoms with van der Waals surface area (Å²) in [4.78, 5) is 0. The summed E-state index contributed by atoms with van der Waals surface area (Å²) in [6.07, 6.45) is -5.50. The fourth-order valence-electron chi connectivity index (χ4n) is 0.411. The van der Waals surface area contributed by atoms with E-state index in [1.165, 1.54) is 0 Å². The smallest absolute Gasteiger partial charge is 0.229 e. The van der Waals surface area contributed by atoms with Crippen LogP contribution in [0.1, 0.15) is 0 Å². The second kappa shape index (κ2) is 2.82. The van der Waals surface area contributed by atoms with Crippen LogP contribution in [-0.2, 0) is 9.84 Å². The highest BCUT2D eigenvalue weighted by molar-refractivity contribution is 7.90. The first-order valence-electron chi connectivity index (χ1n) is 2.58. The van der Waals surface area contributed by atoms with Crippen molar-refractivity contribution in [2.24, 2.45) is 0 Å². The van der Waals surface area contributed by atoms with E-state index in [2.05, 4.69) is 0 Å². The summed E-state index contributed by atoms with van der Waals surface area (Å²) in [5, 5.41) is 0. The molecular formula is C4H5F5O2S. The second-order valence-corrected chi connectivity index (χ2v) is 4.41. The molecule has 0 heterocycles. The zero-order valence-corrected chi connectivity index (χ0v) is 6.64. The molecule has 0 amide bonds. The Kier molecular flexibility index (Phi) is 2.73. The lowest BCUT2D eigenvalue weighted by Gasteiger charge is -2.17. The Bertz CT molecular complexity index is 251. The standard InChI is InChI=1S/C4H5F5O2S/c1-12(10,11)2-3(5,6)4(7,8)9/h2H2,1H3. The third kappa shape index (κ3) is 3.33. The maximum absolute atomic E-state index is 11.9. The van der Waals surface area contributed by atoms with Gasteiger partial charge in [0.1, 0.15) is 5.75 Å². The SMILES string of the molecule is CS(=O)(=O)CC(F)(F)C(F)(F)F. The molecule has 0 spiro atoms. The maximum atomic E-state index is 11.9. The van der Waals surface area contributed by atoms with Gasteiger partial charge >= 0.3 is 12.1 Å². The average molecular weight is 212 g/mol. The molecule has 0 saturated carbocycles. The van der Waals surface area contributed by atoms with Gasteiger partial charge in [0.15, 0.2) is 9.84 Å². The highest BCUT2D eigenvalue weighted by Crippen LogP contribution is 2.36. The Morgan fingerprint density at radius 3 is 1.50 bits per heavy atom. The number of hydrogen-bond acceptors (Lipinski definition) is 2. The van der Waals surface area contributed by atoms with Crippen molar-refractivity contribution in [1.29, 1.82) is 0 Å². The van der Waals surface area contributed by atoms with Crippen molar-refractivity contribution in [2.45, 2.75) is 12.1 Å². The van der Waals surface area contributed by atoms with Crippen LogP contribution in [0.25, 0.3) is 0 Å². The molecular weight excluding hydrogens is 207 g/mol. The second-order valence-electron chi connectivity index (χ2n) is 2.27. The Labute approximate surface area is 65.3 Å². The van der Waals surface area contributed by atoms with Crippen LogP contribution in [0.5, 0.6) is 0 Å². The third-order valence-corrected chi connectivity index (χ3v) is 1.75. The number of hydrogen-bond donors (Lipinski definition) is 0. The van der Waals surface area contributed by atoms with Crippen LogP contribution in [0.2, 0.25) is 0 Å². The van der Waals surface area contributed by atoms with Crippen molar-refractivity contribution in [3.8, 4) is 0 Å². The van der Waals surface area contributed by atoms with Gasteiger partial charge in [-0.1, -0.05) is 0 Å². The fraction of sp³-hybridized carbons (Fsp3) is 1.00. The number of rotatable bonds is 2. The van der Waals surface area contributed by atoms with Gasteiger partial charge in [0.25, 0.3) is 0 Å². The molecule has 0 radical (unpaired) electrons. The summed E-state index contributed by atoms with van der Waals surface area (Å²) >= 11 is 0. The minimum atomic E-state index is -5.81. The number of alkyl halides is 5. The van der Waals surface area contributed by atoms with Crippen LogP contribution in [0.4, 0.5) is 22.0 Å². The van der Waals surface area contributed by atoms with E-state index in [0.717, 1.165) is 0 Å². The summed E-state index contributed by atoms with van der Waals surface area (Å²) in [7, 11) is -4.33. The van der Waals surface area contributed by atoms with E-state index < -0.39 is 27.7 Å². The van der Waals surface area contributed by atoms with Gasteiger partial charge < -0.3 is 0 Å². The highest BCUT2D eigenvalue weighted by Gasteiger charge is 2.58. The molecule has 0 saturated heterocycles. The van der Waals surface area contributed by atoms with Gasteiger partial charge in [-0.2, -0.15) is 22.0 Å². The predicted molar refractivity (Wildman–Crippen MR) is 30.7 cm³/mol. The lowest BCUT2D eigenvalue weighted by atomic mass is 10.4. The van der Waals surface area contributed by atoms with Crippen molar-refractivity contribution in [2.75, 3.05) is 12.0 Å². The molecule has 0 aromatic rings. The maximum Gasteiger partial charge on any atom is 0.454 e. The Hall–Kier alpha value is -0.400. The van der Waals surface area contributed by atoms with Crippen LogP contribution >= 0.6 is 0 Å². The van der Waals surface area contributed by atoms with Crippen molar-refractivity contribution >= 4 is 9.84 Å². The molecule has 8 heteroatoms. The van der Waals surface area contributed by atoms with E-state index in [-0.39, 0.29) is 0 Å². The largest absolute Gasteiger partial charge is 0.454 e. The molecule has 0 aromatic heterocycles. The van der Waals surface area contributed by atoms with Gasteiger partial charge in [-0.05, 0) is 0 Å². The van der Waals surface area contributed by atoms with Crippen molar-refractivity contribution in [3.05, 3.63) is 0 Å². The zero-order valence-electron chi connectivity index (χ0n) is 5.82. The van der Waals surface area contributed by atoms with Crippen LogP contribution in [-0.4, -0.2) is 32.5 Å². The molecule has 0 aromatic carbocycles. The Morgan fingerprint density at radius 1 is 1.08 bits per heavy atom. The number of sulfone groups is 1. The van der Waals surface area contributed by atoms with Crippen molar-refractivity contribution < 1.29 is 30.4 Å². The molecule has 0 atom stereocenters. The van der Waals surface area contributed by atoms with Gasteiger partial charge in [0.05, 0.1) is 0 Å². The van der Waals surface area contributed by atoms with Crippen LogP contribution in [0, 0.1) is 0 Å². The van der Waals surface area contributed by atoms with Gasteiger partial charge in [0.2, 0.25) is 0 Å². The first-order chi connectivity index (χ1) is 4.96. The van der Waals surface area contributed by atoms with E-state index in [1.54, 1.807) is 0 Å². The Balaban J connectivity index is 4.67. The molecule has 0 N–H and O–H groups in total. The van der Waals surface area contributed by atoms with Crippen molar-refractivity contribution in [1.82, 2.24) is 0 Å². The highest BCUT2D eigenvalue weighted by atomic mass is 32.2. The minimum absolute atomic E-state index is 0.312. The molecule has 0 aliphatic heterocycles. The monoisotopic (exact) mass is 212 g/mol. The molecule has 74 valence electrons. The van der Waals surface area contributed by atoms with E-state index in [4.69, 9.17) is 0 Å². The number of halogens is 5.